The zero-order valence-electron chi connectivity index (χ0n) is 15.7. The van der Waals surface area contributed by atoms with Crippen molar-refractivity contribution in [2.24, 2.45) is 0 Å². The summed E-state index contributed by atoms with van der Waals surface area (Å²) in [6, 6.07) is 16.4. The molecule has 4 rings (SSSR count). The smallest absolute Gasteiger partial charge is 0.241 e. The molecule has 0 bridgehead atoms. The van der Waals surface area contributed by atoms with Crippen molar-refractivity contribution in [2.75, 3.05) is 18.0 Å². The highest BCUT2D eigenvalue weighted by Gasteiger charge is 2.31. The molecule has 3 aromatic rings. The van der Waals surface area contributed by atoms with Crippen LogP contribution in [0.1, 0.15) is 18.2 Å². The van der Waals surface area contributed by atoms with Gasteiger partial charge in [0.15, 0.2) is 0 Å². The molecule has 0 N–H and O–H groups in total. The number of anilines is 1. The molecule has 1 fully saturated rings. The quantitative estimate of drug-likeness (QED) is 0.716. The van der Waals surface area contributed by atoms with E-state index in [0.29, 0.717) is 6.54 Å². The van der Waals surface area contributed by atoms with E-state index in [1.54, 1.807) is 6.20 Å². The van der Waals surface area contributed by atoms with Crippen molar-refractivity contribution in [1.82, 2.24) is 14.5 Å². The molecule has 2 aromatic heterocycles. The van der Waals surface area contributed by atoms with Crippen molar-refractivity contribution in [1.29, 1.82) is 0 Å². The molecule has 0 radical (unpaired) electrons. The number of hydrogen-bond donors (Lipinski definition) is 0. The number of aromatic nitrogens is 2. The van der Waals surface area contributed by atoms with E-state index in [-0.39, 0.29) is 11.9 Å². The van der Waals surface area contributed by atoms with E-state index in [2.05, 4.69) is 40.4 Å². The van der Waals surface area contributed by atoms with Crippen molar-refractivity contribution >= 4 is 11.6 Å². The van der Waals surface area contributed by atoms with Gasteiger partial charge >= 0.3 is 0 Å². The maximum atomic E-state index is 12.9. The molecule has 1 aliphatic heterocycles. The number of rotatable bonds is 4. The highest BCUT2D eigenvalue weighted by Crippen LogP contribution is 2.26. The Morgan fingerprint density at radius 2 is 1.96 bits per heavy atom. The minimum absolute atomic E-state index is 0.133. The van der Waals surface area contributed by atoms with Crippen LogP contribution in [-0.2, 0) is 11.3 Å². The molecule has 27 heavy (non-hydrogen) atoms. The Labute approximate surface area is 159 Å². The Bertz CT molecular complexity index is 934. The summed E-state index contributed by atoms with van der Waals surface area (Å²) in [6.45, 7) is 6.19. The Morgan fingerprint density at radius 1 is 1.11 bits per heavy atom. The number of amides is 1. The van der Waals surface area contributed by atoms with E-state index in [9.17, 15) is 4.79 Å². The largest absolute Gasteiger partial charge is 0.318 e. The second kappa shape index (κ2) is 7.37. The van der Waals surface area contributed by atoms with Gasteiger partial charge in [0.25, 0.3) is 0 Å². The van der Waals surface area contributed by atoms with Gasteiger partial charge in [-0.25, -0.2) is 0 Å². The number of carbonyl (C=O) groups is 1. The number of aryl methyl sites for hydroxylation is 1. The maximum absolute atomic E-state index is 12.9. The maximum Gasteiger partial charge on any atom is 0.241 e. The summed E-state index contributed by atoms with van der Waals surface area (Å²) >= 11 is 0. The summed E-state index contributed by atoms with van der Waals surface area (Å²) in [5, 5.41) is 0. The lowest BCUT2D eigenvalue weighted by molar-refractivity contribution is -0.122. The van der Waals surface area contributed by atoms with Gasteiger partial charge in [-0.15, -0.1) is 0 Å². The van der Waals surface area contributed by atoms with Gasteiger partial charge < -0.3 is 9.47 Å². The van der Waals surface area contributed by atoms with Crippen LogP contribution in [0.2, 0.25) is 0 Å². The standard InChI is InChI=1S/C22H24N4O/c1-17-7-3-4-10-21(17)26-18(2)14-24(16-22(26)27)15-20-9-6-12-25(20)19-8-5-11-23-13-19/h3-13,18H,14-16H2,1-2H3. The molecule has 1 amide bonds. The van der Waals surface area contributed by atoms with Crippen molar-refractivity contribution in [2.45, 2.75) is 26.4 Å². The zero-order valence-corrected chi connectivity index (χ0v) is 15.7. The minimum Gasteiger partial charge on any atom is -0.318 e. The normalized spacial score (nSPS) is 18.1. The van der Waals surface area contributed by atoms with E-state index in [0.717, 1.165) is 35.7 Å². The zero-order chi connectivity index (χ0) is 18.8. The van der Waals surface area contributed by atoms with Crippen LogP contribution in [0.4, 0.5) is 5.69 Å². The number of hydrogen-bond acceptors (Lipinski definition) is 3. The fraction of sp³-hybridized carbons (Fsp3) is 0.273. The van der Waals surface area contributed by atoms with Gasteiger partial charge in [0, 0.05) is 42.9 Å². The number of benzene rings is 1. The third-order valence-corrected chi connectivity index (χ3v) is 5.11. The highest BCUT2D eigenvalue weighted by atomic mass is 16.2. The Morgan fingerprint density at radius 3 is 2.70 bits per heavy atom. The van der Waals surface area contributed by atoms with E-state index < -0.39 is 0 Å². The molecular formula is C22H24N4O. The summed E-state index contributed by atoms with van der Waals surface area (Å²) in [6.07, 6.45) is 5.67. The first kappa shape index (κ1) is 17.5. The van der Waals surface area contributed by atoms with Crippen LogP contribution in [0.25, 0.3) is 5.69 Å². The van der Waals surface area contributed by atoms with Crippen LogP contribution >= 0.6 is 0 Å². The summed E-state index contributed by atoms with van der Waals surface area (Å²) < 4.78 is 2.13. The summed E-state index contributed by atoms with van der Waals surface area (Å²) in [7, 11) is 0. The second-order valence-electron chi connectivity index (χ2n) is 7.15. The van der Waals surface area contributed by atoms with Crippen LogP contribution in [0, 0.1) is 6.92 Å². The SMILES string of the molecule is Cc1ccccc1N1C(=O)CN(Cc2cccn2-c2cccnc2)CC1C. The fourth-order valence-corrected chi connectivity index (χ4v) is 3.88. The van der Waals surface area contributed by atoms with Gasteiger partial charge in [-0.3, -0.25) is 14.7 Å². The molecule has 0 saturated carbocycles. The van der Waals surface area contributed by atoms with Crippen molar-refractivity contribution in [3.8, 4) is 5.69 Å². The van der Waals surface area contributed by atoms with Gasteiger partial charge in [0.1, 0.15) is 0 Å². The average Bonchev–Trinajstić information content (AvgIpc) is 3.11. The average molecular weight is 360 g/mol. The molecule has 1 unspecified atom stereocenters. The molecule has 3 heterocycles. The minimum atomic E-state index is 0.133. The topological polar surface area (TPSA) is 41.4 Å². The molecule has 5 nitrogen and oxygen atoms in total. The summed E-state index contributed by atoms with van der Waals surface area (Å²) in [4.78, 5) is 21.3. The molecule has 1 atom stereocenters. The van der Waals surface area contributed by atoms with Crippen LogP contribution in [-0.4, -0.2) is 39.5 Å². The third kappa shape index (κ3) is 3.51. The highest BCUT2D eigenvalue weighted by molar-refractivity contribution is 5.96. The number of piperazine rings is 1. The monoisotopic (exact) mass is 360 g/mol. The third-order valence-electron chi connectivity index (χ3n) is 5.11. The summed E-state index contributed by atoms with van der Waals surface area (Å²) in [5.41, 5.74) is 4.35. The first-order valence-electron chi connectivity index (χ1n) is 9.30. The Hall–Kier alpha value is -2.92. The van der Waals surface area contributed by atoms with Gasteiger partial charge in [0.2, 0.25) is 5.91 Å². The number of pyridine rings is 1. The molecule has 0 spiro atoms. The predicted molar refractivity (Wildman–Crippen MR) is 107 cm³/mol. The molecular weight excluding hydrogens is 336 g/mol. The lowest BCUT2D eigenvalue weighted by Crippen LogP contribution is -2.55. The van der Waals surface area contributed by atoms with Gasteiger partial charge in [0.05, 0.1) is 18.4 Å². The molecule has 5 heteroatoms. The first-order chi connectivity index (χ1) is 13.1. The van der Waals surface area contributed by atoms with Crippen LogP contribution < -0.4 is 4.90 Å². The number of carbonyl (C=O) groups excluding carboxylic acids is 1. The van der Waals surface area contributed by atoms with Crippen molar-refractivity contribution in [3.05, 3.63) is 78.4 Å². The number of para-hydroxylation sites is 1. The van der Waals surface area contributed by atoms with E-state index in [4.69, 9.17) is 0 Å². The fourth-order valence-electron chi connectivity index (χ4n) is 3.88. The van der Waals surface area contributed by atoms with E-state index in [1.165, 1.54) is 0 Å². The first-order valence-corrected chi connectivity index (χ1v) is 9.30. The number of nitrogens with zero attached hydrogens (tertiary/aromatic N) is 4. The van der Waals surface area contributed by atoms with Crippen LogP contribution in [0.15, 0.2) is 67.1 Å². The second-order valence-corrected chi connectivity index (χ2v) is 7.15. The predicted octanol–water partition coefficient (Wildman–Crippen LogP) is 3.42. The van der Waals surface area contributed by atoms with Crippen molar-refractivity contribution in [3.63, 3.8) is 0 Å². The van der Waals surface area contributed by atoms with Gasteiger partial charge in [-0.05, 0) is 49.7 Å². The lowest BCUT2D eigenvalue weighted by Gasteiger charge is -2.40. The lowest BCUT2D eigenvalue weighted by atomic mass is 10.1. The Balaban J connectivity index is 1.52. The molecule has 1 aromatic carbocycles. The molecule has 0 aliphatic carbocycles. The Kier molecular flexibility index (Phi) is 4.77. The van der Waals surface area contributed by atoms with Crippen molar-refractivity contribution < 1.29 is 4.79 Å². The molecule has 138 valence electrons. The molecule has 1 saturated heterocycles. The molecule has 1 aliphatic rings. The van der Waals surface area contributed by atoms with E-state index >= 15 is 0 Å². The van der Waals surface area contributed by atoms with Crippen LogP contribution in [0.3, 0.4) is 0 Å². The summed E-state index contributed by atoms with van der Waals surface area (Å²) in [5.74, 6) is 0.155. The van der Waals surface area contributed by atoms with Gasteiger partial charge in [-0.2, -0.15) is 0 Å². The van der Waals surface area contributed by atoms with Crippen LogP contribution in [0.5, 0.6) is 0 Å². The van der Waals surface area contributed by atoms with Gasteiger partial charge in [-0.1, -0.05) is 18.2 Å². The van der Waals surface area contributed by atoms with E-state index in [1.807, 2.05) is 53.7 Å².